The quantitative estimate of drug-likeness (QED) is 0.288. The van der Waals surface area contributed by atoms with Crippen LogP contribution in [-0.4, -0.2) is 43.8 Å². The first-order chi connectivity index (χ1) is 18.5. The molecule has 7 nitrogen and oxygen atoms in total. The molecule has 2 aromatic carbocycles. The second-order valence-corrected chi connectivity index (χ2v) is 15.5. The fourth-order valence-electron chi connectivity index (χ4n) is 6.39. The van der Waals surface area contributed by atoms with Gasteiger partial charge in [0.2, 0.25) is 8.41 Å². The molecule has 1 N–H and O–H groups in total. The molecule has 2 aliphatic rings. The van der Waals surface area contributed by atoms with Crippen molar-refractivity contribution in [2.24, 2.45) is 5.92 Å². The summed E-state index contributed by atoms with van der Waals surface area (Å²) >= 11 is 3.54. The lowest BCUT2D eigenvalue weighted by Crippen LogP contribution is -2.45. The van der Waals surface area contributed by atoms with E-state index in [1.165, 1.54) is 11.7 Å². The van der Waals surface area contributed by atoms with Gasteiger partial charge < -0.3 is 23.6 Å². The molecule has 5 rings (SSSR count). The molecule has 39 heavy (non-hydrogen) atoms. The van der Waals surface area contributed by atoms with E-state index in [2.05, 4.69) is 15.9 Å². The molecule has 4 atom stereocenters. The number of nitrogens with zero attached hydrogens (tertiary/aromatic N) is 2. The third kappa shape index (κ3) is 4.57. The summed E-state index contributed by atoms with van der Waals surface area (Å²) < 4.78 is 29.7. The third-order valence-corrected chi connectivity index (χ3v) is 10.9. The minimum Gasteiger partial charge on any atom is -0.491 e. The molecule has 2 aliphatic heterocycles. The normalized spacial score (nSPS) is 24.4. The number of aromatic nitrogens is 1. The highest BCUT2D eigenvalue weighted by Crippen LogP contribution is 2.60. The number of halogens is 2. The largest absolute Gasteiger partial charge is 0.491 e. The van der Waals surface area contributed by atoms with E-state index >= 15 is 4.11 Å². The number of anilines is 1. The average molecular weight is 616 g/mol. The summed E-state index contributed by atoms with van der Waals surface area (Å²) in [5.41, 5.74) is 0.794. The Morgan fingerprint density at radius 1 is 1.15 bits per heavy atom. The molecule has 1 amide bonds. The molecule has 0 bridgehead atoms. The smallest absolute Gasteiger partial charge is 0.297 e. The highest BCUT2D eigenvalue weighted by atomic mass is 79.9. The highest BCUT2D eigenvalue weighted by molar-refractivity contribution is 9.10. The molecule has 0 saturated carbocycles. The molecule has 10 heteroatoms. The third-order valence-electron chi connectivity index (χ3n) is 8.00. The number of rotatable bonds is 7. The van der Waals surface area contributed by atoms with Crippen LogP contribution in [0.4, 0.5) is 9.80 Å². The predicted molar refractivity (Wildman–Crippen MR) is 154 cm³/mol. The first-order valence-corrected chi connectivity index (χ1v) is 16.7. The fraction of sp³-hybridized carbons (Fsp3) is 0.379. The van der Waals surface area contributed by atoms with E-state index in [-0.39, 0.29) is 36.8 Å². The maximum atomic E-state index is 15.7. The Morgan fingerprint density at radius 3 is 2.62 bits per heavy atom. The molecule has 206 valence electrons. The zero-order valence-corrected chi connectivity index (χ0v) is 24.9. The van der Waals surface area contributed by atoms with Crippen LogP contribution in [0.25, 0.3) is 5.69 Å². The van der Waals surface area contributed by atoms with Crippen molar-refractivity contribution in [3.8, 4) is 11.4 Å². The zero-order chi connectivity index (χ0) is 28.1. The fourth-order valence-corrected chi connectivity index (χ4v) is 9.30. The number of hydrogen-bond acceptors (Lipinski definition) is 5. The van der Waals surface area contributed by atoms with Crippen molar-refractivity contribution < 1.29 is 23.5 Å². The van der Waals surface area contributed by atoms with Crippen LogP contribution < -0.4 is 15.2 Å². The van der Waals surface area contributed by atoms with E-state index in [4.69, 9.17) is 9.47 Å². The Morgan fingerprint density at radius 2 is 1.92 bits per heavy atom. The lowest BCUT2D eigenvalue weighted by molar-refractivity contribution is -0.146. The van der Waals surface area contributed by atoms with Crippen LogP contribution >= 0.6 is 15.9 Å². The van der Waals surface area contributed by atoms with Crippen molar-refractivity contribution in [3.63, 3.8) is 0 Å². The Balaban J connectivity index is 1.56. The van der Waals surface area contributed by atoms with Crippen LogP contribution in [0.5, 0.6) is 5.75 Å². The standard InChI is InChI=1S/C29H32BrFN2O5Si/c1-18-26(39(3,4)31)24(12-14-34)38-29(18)22-16-20(30)10-11-23(22)33(28(29)36)17-19-7-5-8-21(15-19)32-13-6-9-25(37-2)27(32)35/h5-11,13,15-16,18,24,26,34H,12,14,17H2,1-4H3/t18-,24+,26-,29+/m1/s1. The van der Waals surface area contributed by atoms with E-state index in [1.54, 1.807) is 36.3 Å². The van der Waals surface area contributed by atoms with Crippen LogP contribution in [0.2, 0.25) is 18.6 Å². The lowest BCUT2D eigenvalue weighted by Gasteiger charge is -2.31. The van der Waals surface area contributed by atoms with Gasteiger partial charge in [-0.25, -0.2) is 0 Å². The second kappa shape index (κ2) is 10.3. The van der Waals surface area contributed by atoms with Gasteiger partial charge in [0.05, 0.1) is 25.4 Å². The van der Waals surface area contributed by atoms with E-state index in [0.29, 0.717) is 16.9 Å². The molecule has 1 aromatic heterocycles. The number of amides is 1. The summed E-state index contributed by atoms with van der Waals surface area (Å²) in [4.78, 5) is 28.9. The molecule has 1 saturated heterocycles. The van der Waals surface area contributed by atoms with Gasteiger partial charge in [0.1, 0.15) is 0 Å². The van der Waals surface area contributed by atoms with Gasteiger partial charge in [-0.1, -0.05) is 35.0 Å². The van der Waals surface area contributed by atoms with Crippen LogP contribution in [0.3, 0.4) is 0 Å². The number of carbonyl (C=O) groups is 1. The van der Waals surface area contributed by atoms with Gasteiger partial charge in [0.25, 0.3) is 11.5 Å². The van der Waals surface area contributed by atoms with E-state index < -0.39 is 31.6 Å². The molecule has 0 unspecified atom stereocenters. The second-order valence-electron chi connectivity index (χ2n) is 10.8. The Bertz CT molecular complexity index is 1470. The Hall–Kier alpha value is -2.79. The van der Waals surface area contributed by atoms with Crippen molar-refractivity contribution in [1.29, 1.82) is 0 Å². The topological polar surface area (TPSA) is 81.0 Å². The monoisotopic (exact) mass is 614 g/mol. The lowest BCUT2D eigenvalue weighted by atomic mass is 9.82. The van der Waals surface area contributed by atoms with Crippen LogP contribution in [-0.2, 0) is 21.7 Å². The first-order valence-electron chi connectivity index (χ1n) is 13.0. The zero-order valence-electron chi connectivity index (χ0n) is 22.4. The van der Waals surface area contributed by atoms with Gasteiger partial charge in [-0.2, -0.15) is 0 Å². The van der Waals surface area contributed by atoms with Crippen LogP contribution in [0.15, 0.2) is 70.1 Å². The highest BCUT2D eigenvalue weighted by Gasteiger charge is 2.66. The molecular formula is C29H32BrFN2O5Si. The number of carbonyl (C=O) groups excluding carboxylic acids is 1. The molecule has 3 heterocycles. The van der Waals surface area contributed by atoms with Gasteiger partial charge in [-0.3, -0.25) is 14.2 Å². The molecular weight excluding hydrogens is 583 g/mol. The van der Waals surface area contributed by atoms with Crippen molar-refractivity contribution in [1.82, 2.24) is 4.57 Å². The first kappa shape index (κ1) is 27.8. The molecule has 3 aromatic rings. The summed E-state index contributed by atoms with van der Waals surface area (Å²) in [6.07, 6.45) is 1.38. The summed E-state index contributed by atoms with van der Waals surface area (Å²) in [5, 5.41) is 9.73. The number of hydrogen-bond donors (Lipinski definition) is 1. The summed E-state index contributed by atoms with van der Waals surface area (Å²) in [7, 11) is -1.81. The van der Waals surface area contributed by atoms with Gasteiger partial charge in [-0.15, -0.1) is 0 Å². The van der Waals surface area contributed by atoms with E-state index in [0.717, 1.165) is 10.0 Å². The summed E-state index contributed by atoms with van der Waals surface area (Å²) in [6.45, 7) is 5.29. The minimum atomic E-state index is -3.26. The van der Waals surface area contributed by atoms with Crippen LogP contribution in [0, 0.1) is 5.92 Å². The SMILES string of the molecule is COc1cccn(-c2cccc(CN3C(=O)[C@@]4(O[C@@H](CCO)[C@H]([Si](C)(C)F)[C@H]4C)c4cc(Br)ccc43)c2)c1=O. The molecule has 1 spiro atoms. The predicted octanol–water partition coefficient (Wildman–Crippen LogP) is 5.31. The number of fused-ring (bicyclic) bond motifs is 2. The number of aliphatic hydroxyl groups excluding tert-OH is 1. The molecule has 0 radical (unpaired) electrons. The maximum Gasteiger partial charge on any atom is 0.297 e. The number of methoxy groups -OCH3 is 1. The Kier molecular flexibility index (Phi) is 7.34. The maximum absolute atomic E-state index is 15.7. The molecule has 1 fully saturated rings. The van der Waals surface area contributed by atoms with Gasteiger partial charge in [-0.05, 0) is 67.5 Å². The average Bonchev–Trinajstić information content (AvgIpc) is 3.31. The van der Waals surface area contributed by atoms with E-state index in [9.17, 15) is 14.7 Å². The van der Waals surface area contributed by atoms with Crippen molar-refractivity contribution in [2.45, 2.75) is 50.2 Å². The minimum absolute atomic E-state index is 0.145. The number of aliphatic hydroxyl groups is 1. The van der Waals surface area contributed by atoms with Gasteiger partial charge in [0.15, 0.2) is 11.4 Å². The van der Waals surface area contributed by atoms with Gasteiger partial charge >= 0.3 is 0 Å². The van der Waals surface area contributed by atoms with Crippen molar-refractivity contribution >= 4 is 35.9 Å². The Labute approximate surface area is 236 Å². The van der Waals surface area contributed by atoms with Crippen LogP contribution in [0.1, 0.15) is 24.5 Å². The van der Waals surface area contributed by atoms with Gasteiger partial charge in [0, 0.05) is 40.0 Å². The number of benzene rings is 2. The summed E-state index contributed by atoms with van der Waals surface area (Å²) in [5.74, 6) is -0.429. The molecule has 0 aliphatic carbocycles. The van der Waals surface area contributed by atoms with Crippen molar-refractivity contribution in [3.05, 3.63) is 86.7 Å². The van der Waals surface area contributed by atoms with Crippen molar-refractivity contribution in [2.75, 3.05) is 18.6 Å². The summed E-state index contributed by atoms with van der Waals surface area (Å²) in [6, 6.07) is 16.4. The number of ether oxygens (including phenoxy) is 2. The van der Waals surface area contributed by atoms with E-state index in [1.807, 2.05) is 49.4 Å². The number of pyridine rings is 1.